The van der Waals surface area contributed by atoms with Gasteiger partial charge in [-0.25, -0.2) is 5.84 Å². The second-order valence-corrected chi connectivity index (χ2v) is 1.31. The third-order valence-corrected chi connectivity index (χ3v) is 0.692. The molecule has 0 aliphatic carbocycles. The maximum Gasteiger partial charge on any atom is 0.218 e. The minimum Gasteiger partial charge on any atom is -0.450 e. The van der Waals surface area contributed by atoms with Crippen molar-refractivity contribution in [3.63, 3.8) is 0 Å². The molecule has 1 rings (SSSR count). The maximum absolute atomic E-state index is 5.07. The SMILES string of the molecule is CC1=NN(N)OCO1. The van der Waals surface area contributed by atoms with Crippen molar-refractivity contribution in [3.8, 4) is 0 Å². The second kappa shape index (κ2) is 1.97. The lowest BCUT2D eigenvalue weighted by molar-refractivity contribution is -0.226. The van der Waals surface area contributed by atoms with Gasteiger partial charge in [0.2, 0.25) is 12.7 Å². The van der Waals surface area contributed by atoms with Crippen molar-refractivity contribution in [3.05, 3.63) is 0 Å². The van der Waals surface area contributed by atoms with E-state index < -0.39 is 0 Å². The molecule has 0 atom stereocenters. The minimum absolute atomic E-state index is 0.145. The zero-order chi connectivity index (χ0) is 5.98. The van der Waals surface area contributed by atoms with Crippen LogP contribution in [0.25, 0.3) is 0 Å². The highest BCUT2D eigenvalue weighted by Crippen LogP contribution is 1.93. The van der Waals surface area contributed by atoms with Gasteiger partial charge >= 0.3 is 0 Å². The quantitative estimate of drug-likeness (QED) is 0.431. The summed E-state index contributed by atoms with van der Waals surface area (Å²) in [5.41, 5.74) is 0. The Kier molecular flexibility index (Phi) is 1.32. The summed E-state index contributed by atoms with van der Waals surface area (Å²) in [5.74, 6) is 5.58. The average Bonchev–Trinajstić information content (AvgIpc) is 1.64. The molecule has 0 unspecified atom stereocenters. The highest BCUT2D eigenvalue weighted by molar-refractivity contribution is 5.72. The standard InChI is InChI=1S/C3H7N3O2/c1-3-5-6(4)8-2-7-3/h2,4H2,1H3. The molecule has 1 aliphatic rings. The Hall–Kier alpha value is -0.810. The molecule has 5 heteroatoms. The van der Waals surface area contributed by atoms with Gasteiger partial charge in [0.25, 0.3) is 0 Å². The van der Waals surface area contributed by atoms with Crippen molar-refractivity contribution in [1.82, 2.24) is 5.28 Å². The van der Waals surface area contributed by atoms with Crippen LogP contribution >= 0.6 is 0 Å². The number of hydrogen-bond acceptors (Lipinski definition) is 5. The summed E-state index contributed by atoms with van der Waals surface area (Å²) in [4.78, 5) is 4.55. The Labute approximate surface area is 46.6 Å². The fourth-order valence-corrected chi connectivity index (χ4v) is 0.362. The Morgan fingerprint density at radius 1 is 1.88 bits per heavy atom. The van der Waals surface area contributed by atoms with Gasteiger partial charge in [0.05, 0.1) is 0 Å². The van der Waals surface area contributed by atoms with Gasteiger partial charge in [-0.15, -0.1) is 5.10 Å². The van der Waals surface area contributed by atoms with Gasteiger partial charge < -0.3 is 4.74 Å². The molecule has 0 aromatic rings. The van der Waals surface area contributed by atoms with Crippen LogP contribution in [-0.2, 0) is 9.57 Å². The third kappa shape index (κ3) is 1.08. The first-order chi connectivity index (χ1) is 3.79. The molecule has 1 aliphatic heterocycles. The molecule has 5 nitrogen and oxygen atoms in total. The molecule has 46 valence electrons. The van der Waals surface area contributed by atoms with E-state index in [9.17, 15) is 0 Å². The van der Waals surface area contributed by atoms with Gasteiger partial charge in [0.15, 0.2) is 0 Å². The van der Waals surface area contributed by atoms with Gasteiger partial charge in [-0.1, -0.05) is 5.28 Å². The third-order valence-electron chi connectivity index (χ3n) is 0.692. The first kappa shape index (κ1) is 5.33. The first-order valence-corrected chi connectivity index (χ1v) is 2.15. The molecule has 0 amide bonds. The van der Waals surface area contributed by atoms with E-state index in [0.29, 0.717) is 5.90 Å². The number of hydrazone groups is 1. The molecule has 0 bridgehead atoms. The highest BCUT2D eigenvalue weighted by atomic mass is 16.8. The van der Waals surface area contributed by atoms with Crippen LogP contribution in [0.3, 0.4) is 0 Å². The van der Waals surface area contributed by atoms with E-state index in [4.69, 9.17) is 10.6 Å². The Morgan fingerprint density at radius 2 is 2.62 bits per heavy atom. The lowest BCUT2D eigenvalue weighted by atomic mass is 10.8. The Bertz CT molecular complexity index is 113. The van der Waals surface area contributed by atoms with Crippen molar-refractivity contribution < 1.29 is 9.57 Å². The molecular weight excluding hydrogens is 110 g/mol. The first-order valence-electron chi connectivity index (χ1n) is 2.15. The summed E-state index contributed by atoms with van der Waals surface area (Å²) in [6.07, 6.45) is 0. The predicted octanol–water partition coefficient (Wildman–Crippen LogP) is -0.585. The van der Waals surface area contributed by atoms with Gasteiger partial charge in [-0.05, 0) is 0 Å². The number of nitrogens with zero attached hydrogens (tertiary/aromatic N) is 2. The minimum atomic E-state index is 0.145. The fraction of sp³-hybridized carbons (Fsp3) is 0.667. The van der Waals surface area contributed by atoms with Crippen molar-refractivity contribution >= 4 is 5.90 Å². The monoisotopic (exact) mass is 117 g/mol. The van der Waals surface area contributed by atoms with Crippen LogP contribution in [0.5, 0.6) is 0 Å². The van der Waals surface area contributed by atoms with E-state index in [1.54, 1.807) is 6.92 Å². The topological polar surface area (TPSA) is 60.1 Å². The molecule has 0 saturated carbocycles. The van der Waals surface area contributed by atoms with Crippen molar-refractivity contribution in [1.29, 1.82) is 0 Å². The van der Waals surface area contributed by atoms with E-state index in [-0.39, 0.29) is 6.79 Å². The van der Waals surface area contributed by atoms with E-state index in [0.717, 1.165) is 5.28 Å². The summed E-state index contributed by atoms with van der Waals surface area (Å²) in [7, 11) is 0. The molecule has 0 fully saturated rings. The zero-order valence-corrected chi connectivity index (χ0v) is 4.50. The van der Waals surface area contributed by atoms with E-state index >= 15 is 0 Å². The number of ether oxygens (including phenoxy) is 1. The van der Waals surface area contributed by atoms with Crippen LogP contribution in [0.4, 0.5) is 0 Å². The summed E-state index contributed by atoms with van der Waals surface area (Å²) < 4.78 is 4.75. The highest BCUT2D eigenvalue weighted by Gasteiger charge is 2.03. The largest absolute Gasteiger partial charge is 0.450 e. The molecule has 0 radical (unpaired) electrons. The van der Waals surface area contributed by atoms with Gasteiger partial charge in [-0.2, -0.15) is 4.84 Å². The maximum atomic E-state index is 5.07. The lowest BCUT2D eigenvalue weighted by Crippen LogP contribution is -2.32. The van der Waals surface area contributed by atoms with Crippen LogP contribution < -0.4 is 5.84 Å². The number of nitrogens with two attached hydrogens (primary N) is 1. The van der Waals surface area contributed by atoms with Crippen molar-refractivity contribution in [2.75, 3.05) is 6.79 Å². The number of hydrogen-bond donors (Lipinski definition) is 1. The zero-order valence-electron chi connectivity index (χ0n) is 4.50. The number of hydrazine groups is 1. The van der Waals surface area contributed by atoms with E-state index in [2.05, 4.69) is 9.94 Å². The summed E-state index contributed by atoms with van der Waals surface area (Å²) >= 11 is 0. The van der Waals surface area contributed by atoms with Crippen molar-refractivity contribution in [2.45, 2.75) is 6.92 Å². The molecule has 0 aromatic carbocycles. The van der Waals surface area contributed by atoms with Crippen LogP contribution in [0, 0.1) is 0 Å². The van der Waals surface area contributed by atoms with Crippen LogP contribution in [-0.4, -0.2) is 18.0 Å². The number of rotatable bonds is 0. The Morgan fingerprint density at radius 3 is 3.00 bits per heavy atom. The summed E-state index contributed by atoms with van der Waals surface area (Å²) in [5, 5.41) is 4.44. The molecule has 1 heterocycles. The normalized spacial score (nSPS) is 19.8. The van der Waals surface area contributed by atoms with E-state index in [1.165, 1.54) is 0 Å². The van der Waals surface area contributed by atoms with Gasteiger partial charge in [0, 0.05) is 6.92 Å². The molecular formula is C3H7N3O2. The molecule has 0 spiro atoms. The summed E-state index contributed by atoms with van der Waals surface area (Å²) in [6, 6.07) is 0. The second-order valence-electron chi connectivity index (χ2n) is 1.31. The smallest absolute Gasteiger partial charge is 0.218 e. The van der Waals surface area contributed by atoms with E-state index in [1.807, 2.05) is 0 Å². The lowest BCUT2D eigenvalue weighted by Gasteiger charge is -2.17. The van der Waals surface area contributed by atoms with Crippen LogP contribution in [0.1, 0.15) is 6.92 Å². The Balaban J connectivity index is 2.50. The molecule has 2 N–H and O–H groups in total. The van der Waals surface area contributed by atoms with Crippen LogP contribution in [0.15, 0.2) is 5.10 Å². The molecule has 0 saturated heterocycles. The van der Waals surface area contributed by atoms with Crippen LogP contribution in [0.2, 0.25) is 0 Å². The molecule has 8 heavy (non-hydrogen) atoms. The van der Waals surface area contributed by atoms with Gasteiger partial charge in [-0.3, -0.25) is 0 Å². The molecule has 0 aromatic heterocycles. The average molecular weight is 117 g/mol. The predicted molar refractivity (Wildman–Crippen MR) is 26.2 cm³/mol. The van der Waals surface area contributed by atoms with Crippen molar-refractivity contribution in [2.24, 2.45) is 10.9 Å². The summed E-state index contributed by atoms with van der Waals surface area (Å²) in [6.45, 7) is 1.84. The van der Waals surface area contributed by atoms with Gasteiger partial charge in [0.1, 0.15) is 0 Å². The fourth-order valence-electron chi connectivity index (χ4n) is 0.362.